The molecule has 0 saturated carbocycles. The van der Waals surface area contributed by atoms with Gasteiger partial charge in [-0.05, 0) is 87.3 Å². The molecule has 1 fully saturated rings. The van der Waals surface area contributed by atoms with E-state index in [0.717, 1.165) is 18.4 Å². The van der Waals surface area contributed by atoms with E-state index in [1.807, 2.05) is 26.0 Å². The van der Waals surface area contributed by atoms with Crippen LogP contribution in [0.5, 0.6) is 0 Å². The van der Waals surface area contributed by atoms with Crippen LogP contribution in [-0.4, -0.2) is 75.0 Å². The number of epoxide rings is 1. The monoisotopic (exact) mass is 722 g/mol. The lowest BCUT2D eigenvalue weighted by Crippen LogP contribution is -2.46. The molecule has 0 bridgehead atoms. The molecule has 2 aliphatic heterocycles. The predicted molar refractivity (Wildman–Crippen MR) is 208 cm³/mol. The van der Waals surface area contributed by atoms with Gasteiger partial charge in [-0.25, -0.2) is 0 Å². The van der Waals surface area contributed by atoms with E-state index < -0.39 is 40.5 Å². The Hall–Kier alpha value is -1.08. The maximum Gasteiger partial charge on any atom is 0.308 e. The lowest BCUT2D eigenvalue weighted by Gasteiger charge is -2.40. The second-order valence-electron chi connectivity index (χ2n) is 18.5. The van der Waals surface area contributed by atoms with Gasteiger partial charge < -0.3 is 28.5 Å². The summed E-state index contributed by atoms with van der Waals surface area (Å²) in [6.07, 6.45) is 11.2. The van der Waals surface area contributed by atoms with Gasteiger partial charge in [0.1, 0.15) is 12.2 Å². The van der Waals surface area contributed by atoms with Crippen LogP contribution in [0.3, 0.4) is 0 Å². The van der Waals surface area contributed by atoms with Crippen molar-refractivity contribution in [1.29, 1.82) is 0 Å². The fourth-order valence-corrected chi connectivity index (χ4v) is 8.93. The van der Waals surface area contributed by atoms with Crippen molar-refractivity contribution < 1.29 is 33.3 Å². The summed E-state index contributed by atoms with van der Waals surface area (Å²) < 4.78 is 25.8. The molecule has 0 unspecified atom stereocenters. The van der Waals surface area contributed by atoms with Crippen LogP contribution < -0.4 is 0 Å². The average Bonchev–Trinajstić information content (AvgIpc) is 3.72. The van der Waals surface area contributed by atoms with Gasteiger partial charge in [-0.2, -0.15) is 0 Å². The van der Waals surface area contributed by atoms with Crippen LogP contribution in [-0.2, 0) is 23.1 Å². The van der Waals surface area contributed by atoms with Crippen LogP contribution in [0.2, 0.25) is 36.3 Å². The summed E-state index contributed by atoms with van der Waals surface area (Å²) in [5.74, 6) is 0.142. The molecule has 9 heteroatoms. The van der Waals surface area contributed by atoms with Gasteiger partial charge in [0, 0.05) is 17.9 Å². The molecule has 0 amide bonds. The number of cyclic esters (lactones) is 1. The first-order valence-corrected chi connectivity index (χ1v) is 24.7. The molecule has 284 valence electrons. The minimum Gasteiger partial charge on any atom is -0.457 e. The highest BCUT2D eigenvalue weighted by Crippen LogP contribution is 2.42. The van der Waals surface area contributed by atoms with Crippen molar-refractivity contribution in [3.63, 3.8) is 0 Å². The second-order valence-corrected chi connectivity index (χ2v) is 28.0. The summed E-state index contributed by atoms with van der Waals surface area (Å²) in [5.41, 5.74) is -0.429. The van der Waals surface area contributed by atoms with E-state index in [-0.39, 0.29) is 46.7 Å². The summed E-state index contributed by atoms with van der Waals surface area (Å²) in [6, 6.07) is 0. The average molecular weight is 723 g/mol. The summed E-state index contributed by atoms with van der Waals surface area (Å²) in [4.78, 5) is 13.4. The number of aliphatic hydroxyl groups is 2. The Kier molecular flexibility index (Phi) is 15.4. The highest BCUT2D eigenvalue weighted by molar-refractivity contribution is 6.74. The number of hydrogen-bond donors (Lipinski definition) is 2. The van der Waals surface area contributed by atoms with Gasteiger partial charge >= 0.3 is 5.97 Å². The predicted octanol–water partition coefficient (Wildman–Crippen LogP) is 9.51. The van der Waals surface area contributed by atoms with Crippen molar-refractivity contribution in [3.05, 3.63) is 36.0 Å². The molecule has 49 heavy (non-hydrogen) atoms. The first-order chi connectivity index (χ1) is 22.2. The molecule has 2 rings (SSSR count). The van der Waals surface area contributed by atoms with Crippen LogP contribution in [0, 0.1) is 17.8 Å². The summed E-state index contributed by atoms with van der Waals surface area (Å²) in [7, 11) is -4.06. The zero-order valence-electron chi connectivity index (χ0n) is 34.1. The molecule has 0 aromatic heterocycles. The van der Waals surface area contributed by atoms with Crippen molar-refractivity contribution in [2.75, 3.05) is 0 Å². The Morgan fingerprint density at radius 3 is 2.22 bits per heavy atom. The van der Waals surface area contributed by atoms with Crippen molar-refractivity contribution >= 4 is 22.6 Å². The van der Waals surface area contributed by atoms with E-state index in [1.165, 1.54) is 0 Å². The Labute approximate surface area is 302 Å². The third kappa shape index (κ3) is 12.8. The number of carbonyl (C=O) groups is 1. The van der Waals surface area contributed by atoms with Gasteiger partial charge in [0.15, 0.2) is 16.6 Å². The van der Waals surface area contributed by atoms with Crippen LogP contribution in [0.25, 0.3) is 0 Å². The smallest absolute Gasteiger partial charge is 0.308 e. The van der Waals surface area contributed by atoms with Crippen LogP contribution >= 0.6 is 0 Å². The summed E-state index contributed by atoms with van der Waals surface area (Å²) in [6.45, 7) is 34.7. The van der Waals surface area contributed by atoms with E-state index >= 15 is 0 Å². The van der Waals surface area contributed by atoms with Crippen LogP contribution in [0.1, 0.15) is 115 Å². The molecule has 2 heterocycles. The molecule has 7 nitrogen and oxygen atoms in total. The first kappa shape index (κ1) is 44.1. The third-order valence-corrected chi connectivity index (χ3v) is 20.9. The number of ether oxygens (including phenoxy) is 2. The van der Waals surface area contributed by atoms with Gasteiger partial charge in [-0.3, -0.25) is 4.79 Å². The fraction of sp³-hybridized carbons (Fsp3) is 0.825. The number of allylic oxidation sites excluding steroid dienone is 3. The fourth-order valence-electron chi connectivity index (χ4n) is 6.05. The second kappa shape index (κ2) is 17.2. The topological polar surface area (TPSA) is 97.8 Å². The Bertz CT molecular complexity index is 1160. The lowest BCUT2D eigenvalue weighted by molar-refractivity contribution is -0.151. The van der Waals surface area contributed by atoms with Gasteiger partial charge in [-0.1, -0.05) is 99.6 Å². The minimum atomic E-state index is -2.20. The maximum absolute atomic E-state index is 13.4. The van der Waals surface area contributed by atoms with Crippen LogP contribution in [0.15, 0.2) is 36.0 Å². The quantitative estimate of drug-likeness (QED) is 0.0681. The minimum absolute atomic E-state index is 0.0347. The lowest BCUT2D eigenvalue weighted by atomic mass is 9.89. The number of rotatable bonds is 12. The Morgan fingerprint density at radius 1 is 1.08 bits per heavy atom. The van der Waals surface area contributed by atoms with Gasteiger partial charge in [0.05, 0.1) is 30.3 Å². The molecule has 0 spiro atoms. The summed E-state index contributed by atoms with van der Waals surface area (Å²) in [5, 5.41) is 22.2. The SMILES string of the molecule is CC[C@H](O[Si](C)(C)C(C)(C)C)[C@@H](C)[C@H]1O[C@@H]1C[C@H](C)/C=C/C=C(\C)[C@H]1OC(=O)C[C@H](O[Si](C)(C)C(C)(C)C)CC[C@@](C)(O)[C@@H](O)/C=C/[C@@H]1C. The summed E-state index contributed by atoms with van der Waals surface area (Å²) >= 11 is 0. The Balaban J connectivity index is 2.14. The molecular weight excluding hydrogens is 649 g/mol. The van der Waals surface area contributed by atoms with E-state index in [0.29, 0.717) is 24.7 Å². The van der Waals surface area contributed by atoms with E-state index in [9.17, 15) is 15.0 Å². The van der Waals surface area contributed by atoms with Crippen molar-refractivity contribution in [1.82, 2.24) is 0 Å². The normalized spacial score (nSPS) is 32.5. The number of carbonyl (C=O) groups excluding carboxylic acids is 1. The van der Waals surface area contributed by atoms with E-state index in [4.69, 9.17) is 18.3 Å². The van der Waals surface area contributed by atoms with Gasteiger partial charge in [-0.15, -0.1) is 0 Å². The first-order valence-electron chi connectivity index (χ1n) is 18.9. The number of aliphatic hydroxyl groups excluding tert-OH is 1. The maximum atomic E-state index is 13.4. The highest BCUT2D eigenvalue weighted by atomic mass is 28.4. The zero-order valence-corrected chi connectivity index (χ0v) is 36.1. The Morgan fingerprint density at radius 2 is 1.67 bits per heavy atom. The van der Waals surface area contributed by atoms with E-state index in [1.54, 1.807) is 13.0 Å². The van der Waals surface area contributed by atoms with Crippen LogP contribution in [0.4, 0.5) is 0 Å². The molecule has 0 aromatic rings. The highest BCUT2D eigenvalue weighted by Gasteiger charge is 2.48. The van der Waals surface area contributed by atoms with Crippen molar-refractivity contribution in [2.24, 2.45) is 17.8 Å². The molecule has 2 aliphatic rings. The molecule has 1 saturated heterocycles. The van der Waals surface area contributed by atoms with E-state index in [2.05, 4.69) is 101 Å². The third-order valence-electron chi connectivity index (χ3n) is 11.8. The molecule has 0 radical (unpaired) electrons. The molecule has 0 aliphatic carbocycles. The molecule has 2 N–H and O–H groups in total. The van der Waals surface area contributed by atoms with Crippen molar-refractivity contribution in [3.8, 4) is 0 Å². The number of hydrogen-bond acceptors (Lipinski definition) is 7. The van der Waals surface area contributed by atoms with Gasteiger partial charge in [0.25, 0.3) is 0 Å². The zero-order chi connectivity index (χ0) is 37.8. The molecular formula is C40H74O7Si2. The molecule has 10 atom stereocenters. The largest absolute Gasteiger partial charge is 0.457 e. The van der Waals surface area contributed by atoms with Gasteiger partial charge in [0.2, 0.25) is 0 Å². The standard InChI is InChI=1S/C40H74O7Si2/c1-17-32(47-49(15,16)39(9,10)11)30(5)37-33(44-37)25-27(2)19-18-20-28(3)36-29(4)21-22-34(41)40(12,43)24-23-31(26-35(42)45-36)46-48(13,14)38(6,7)8/h18-22,27,29-34,36-37,41,43H,17,23-26H2,1-16H3/b19-18+,22-21+,28-20+/t27-,29+,30-,31-,32+,33-,34+,36-,37-,40-/m1/s1. The molecule has 0 aromatic carbocycles. The van der Waals surface area contributed by atoms with Crippen molar-refractivity contribution in [2.45, 2.75) is 194 Å². The number of esters is 1.